The number of aryl methyl sites for hydroxylation is 2. The summed E-state index contributed by atoms with van der Waals surface area (Å²) in [7, 11) is 0. The molecular formula is C11H16N2O4S. The predicted octanol–water partition coefficient (Wildman–Crippen LogP) is 1.11. The van der Waals surface area contributed by atoms with Crippen molar-refractivity contribution < 1.29 is 19.2 Å². The molecule has 0 bridgehead atoms. The summed E-state index contributed by atoms with van der Waals surface area (Å²) in [5.41, 5.74) is 1.80. The third-order valence-corrected chi connectivity index (χ3v) is 3.37. The molecule has 2 N–H and O–H groups in total. The number of carbonyl (C=O) groups is 2. The molecule has 0 spiro atoms. The first-order chi connectivity index (χ1) is 8.41. The predicted molar refractivity (Wildman–Crippen MR) is 67.4 cm³/mol. The molecule has 1 heterocycles. The molecule has 1 aromatic rings. The van der Waals surface area contributed by atoms with E-state index in [1.807, 2.05) is 13.8 Å². The second-order valence-electron chi connectivity index (χ2n) is 3.92. The maximum Gasteiger partial charge on any atom is 0.325 e. The molecule has 0 radical (unpaired) electrons. The summed E-state index contributed by atoms with van der Waals surface area (Å²) in [6, 6.07) is -0.864. The van der Waals surface area contributed by atoms with Gasteiger partial charge in [-0.15, -0.1) is 11.8 Å². The maximum absolute atomic E-state index is 11.4. The Labute approximate surface area is 109 Å². The van der Waals surface area contributed by atoms with Crippen molar-refractivity contribution in [2.24, 2.45) is 0 Å². The fraction of sp³-hybridized carbons (Fsp3) is 0.545. The van der Waals surface area contributed by atoms with Gasteiger partial charge in [0.05, 0.1) is 11.4 Å². The SMILES string of the molecule is Cc1noc(C)c1CSCC(=O)N[C@H](C)C(=O)O. The first-order valence-corrected chi connectivity index (χ1v) is 6.59. The topological polar surface area (TPSA) is 92.4 Å². The number of carboxylic acid groups (broad SMARTS) is 1. The fourth-order valence-corrected chi connectivity index (χ4v) is 2.29. The van der Waals surface area contributed by atoms with Crippen molar-refractivity contribution in [3.05, 3.63) is 17.0 Å². The van der Waals surface area contributed by atoms with E-state index in [-0.39, 0.29) is 11.7 Å². The maximum atomic E-state index is 11.4. The molecule has 0 unspecified atom stereocenters. The van der Waals surface area contributed by atoms with Gasteiger partial charge in [-0.2, -0.15) is 0 Å². The van der Waals surface area contributed by atoms with E-state index in [1.54, 1.807) is 0 Å². The van der Waals surface area contributed by atoms with Crippen LogP contribution in [0.3, 0.4) is 0 Å². The molecule has 0 fully saturated rings. The van der Waals surface area contributed by atoms with Gasteiger partial charge in [-0.1, -0.05) is 5.16 Å². The van der Waals surface area contributed by atoms with Crippen molar-refractivity contribution in [1.82, 2.24) is 10.5 Å². The average molecular weight is 272 g/mol. The van der Waals surface area contributed by atoms with Crippen LogP contribution in [0.25, 0.3) is 0 Å². The minimum Gasteiger partial charge on any atom is -0.480 e. The van der Waals surface area contributed by atoms with E-state index in [2.05, 4.69) is 10.5 Å². The van der Waals surface area contributed by atoms with Gasteiger partial charge in [0.2, 0.25) is 5.91 Å². The summed E-state index contributed by atoms with van der Waals surface area (Å²) in [5, 5.41) is 14.8. The monoisotopic (exact) mass is 272 g/mol. The highest BCUT2D eigenvalue weighted by atomic mass is 32.2. The van der Waals surface area contributed by atoms with E-state index in [9.17, 15) is 9.59 Å². The number of carboxylic acids is 1. The number of nitrogens with zero attached hydrogens (tertiary/aromatic N) is 1. The van der Waals surface area contributed by atoms with Crippen molar-refractivity contribution in [3.63, 3.8) is 0 Å². The number of aliphatic carboxylic acids is 1. The number of rotatable bonds is 6. The molecule has 0 aliphatic rings. The highest BCUT2D eigenvalue weighted by Crippen LogP contribution is 2.19. The van der Waals surface area contributed by atoms with Crippen molar-refractivity contribution in [1.29, 1.82) is 0 Å². The van der Waals surface area contributed by atoms with Crippen LogP contribution in [-0.4, -0.2) is 33.9 Å². The van der Waals surface area contributed by atoms with Gasteiger partial charge < -0.3 is 14.9 Å². The lowest BCUT2D eigenvalue weighted by molar-refractivity contribution is -0.140. The van der Waals surface area contributed by atoms with Gasteiger partial charge in [0.1, 0.15) is 11.8 Å². The Morgan fingerprint density at radius 1 is 1.50 bits per heavy atom. The number of hydrogen-bond acceptors (Lipinski definition) is 5. The Morgan fingerprint density at radius 3 is 2.67 bits per heavy atom. The van der Waals surface area contributed by atoms with Crippen LogP contribution in [0, 0.1) is 13.8 Å². The van der Waals surface area contributed by atoms with Crippen LogP contribution in [0.5, 0.6) is 0 Å². The van der Waals surface area contributed by atoms with Gasteiger partial charge in [0, 0.05) is 11.3 Å². The van der Waals surface area contributed by atoms with Crippen LogP contribution in [0.1, 0.15) is 23.9 Å². The van der Waals surface area contributed by atoms with E-state index < -0.39 is 12.0 Å². The number of carbonyl (C=O) groups excluding carboxylic acids is 1. The number of thioether (sulfide) groups is 1. The zero-order valence-corrected chi connectivity index (χ0v) is 11.3. The lowest BCUT2D eigenvalue weighted by atomic mass is 10.2. The van der Waals surface area contributed by atoms with E-state index >= 15 is 0 Å². The van der Waals surface area contributed by atoms with Crippen molar-refractivity contribution in [3.8, 4) is 0 Å². The number of aromatic nitrogens is 1. The molecule has 0 aromatic carbocycles. The Kier molecular flexibility index (Phi) is 5.21. The first kappa shape index (κ1) is 14.6. The Bertz CT molecular complexity index is 425. The Balaban J connectivity index is 2.34. The summed E-state index contributed by atoms with van der Waals surface area (Å²) in [6.07, 6.45) is 0. The molecule has 1 rings (SSSR count). The third-order valence-electron chi connectivity index (χ3n) is 2.41. The van der Waals surface area contributed by atoms with Crippen LogP contribution in [0.4, 0.5) is 0 Å². The largest absolute Gasteiger partial charge is 0.480 e. The van der Waals surface area contributed by atoms with Crippen LogP contribution in [-0.2, 0) is 15.3 Å². The van der Waals surface area contributed by atoms with Crippen LogP contribution < -0.4 is 5.32 Å². The number of nitrogens with one attached hydrogen (secondary N) is 1. The highest BCUT2D eigenvalue weighted by molar-refractivity contribution is 7.99. The smallest absolute Gasteiger partial charge is 0.325 e. The Hall–Kier alpha value is -1.50. The van der Waals surface area contributed by atoms with E-state index in [0.717, 1.165) is 17.0 Å². The molecule has 7 heteroatoms. The number of amides is 1. The normalized spacial score (nSPS) is 12.2. The molecular weight excluding hydrogens is 256 g/mol. The van der Waals surface area contributed by atoms with Crippen molar-refractivity contribution in [2.45, 2.75) is 32.6 Å². The average Bonchev–Trinajstić information content (AvgIpc) is 2.60. The summed E-state index contributed by atoms with van der Waals surface area (Å²) in [6.45, 7) is 5.10. The zero-order valence-electron chi connectivity index (χ0n) is 10.5. The molecule has 1 amide bonds. The lowest BCUT2D eigenvalue weighted by Gasteiger charge is -2.08. The van der Waals surface area contributed by atoms with Gasteiger partial charge in [-0.05, 0) is 20.8 Å². The summed E-state index contributed by atoms with van der Waals surface area (Å²) < 4.78 is 5.01. The molecule has 6 nitrogen and oxygen atoms in total. The second kappa shape index (κ2) is 6.44. The van der Waals surface area contributed by atoms with Gasteiger partial charge in [-0.25, -0.2) is 0 Å². The van der Waals surface area contributed by atoms with Crippen LogP contribution >= 0.6 is 11.8 Å². The molecule has 1 atom stereocenters. The van der Waals surface area contributed by atoms with Crippen LogP contribution in [0.2, 0.25) is 0 Å². The van der Waals surface area contributed by atoms with Crippen molar-refractivity contribution in [2.75, 3.05) is 5.75 Å². The highest BCUT2D eigenvalue weighted by Gasteiger charge is 2.14. The minimum atomic E-state index is -1.04. The molecule has 0 saturated heterocycles. The van der Waals surface area contributed by atoms with Gasteiger partial charge in [-0.3, -0.25) is 9.59 Å². The third kappa shape index (κ3) is 4.06. The first-order valence-electron chi connectivity index (χ1n) is 5.43. The van der Waals surface area contributed by atoms with Crippen molar-refractivity contribution >= 4 is 23.6 Å². The minimum absolute atomic E-state index is 0.210. The quantitative estimate of drug-likeness (QED) is 0.806. The van der Waals surface area contributed by atoms with E-state index in [0.29, 0.717) is 5.75 Å². The summed E-state index contributed by atoms with van der Waals surface area (Å²) in [4.78, 5) is 22.0. The fourth-order valence-electron chi connectivity index (χ4n) is 1.30. The van der Waals surface area contributed by atoms with E-state index in [4.69, 9.17) is 9.63 Å². The Morgan fingerprint density at radius 2 is 2.17 bits per heavy atom. The van der Waals surface area contributed by atoms with Gasteiger partial charge in [0.25, 0.3) is 0 Å². The second-order valence-corrected chi connectivity index (χ2v) is 4.91. The number of hydrogen-bond donors (Lipinski definition) is 2. The molecule has 1 aromatic heterocycles. The molecule has 0 aliphatic carbocycles. The van der Waals surface area contributed by atoms with Gasteiger partial charge in [0.15, 0.2) is 0 Å². The molecule has 100 valence electrons. The molecule has 0 aliphatic heterocycles. The molecule has 18 heavy (non-hydrogen) atoms. The summed E-state index contributed by atoms with van der Waals surface area (Å²) >= 11 is 1.40. The van der Waals surface area contributed by atoms with E-state index in [1.165, 1.54) is 18.7 Å². The summed E-state index contributed by atoms with van der Waals surface area (Å²) in [5.74, 6) is 0.248. The van der Waals surface area contributed by atoms with Gasteiger partial charge >= 0.3 is 5.97 Å². The zero-order chi connectivity index (χ0) is 13.7. The standard InChI is InChI=1S/C11H16N2O4S/c1-6-9(8(3)17-13-6)4-18-5-10(14)12-7(2)11(15)16/h7H,4-5H2,1-3H3,(H,12,14)(H,15,16)/t7-/m1/s1. The lowest BCUT2D eigenvalue weighted by Crippen LogP contribution is -2.39. The van der Waals surface area contributed by atoms with Crippen LogP contribution in [0.15, 0.2) is 4.52 Å². The molecule has 0 saturated carbocycles.